The minimum Gasteiger partial charge on any atom is -0.348 e. The summed E-state index contributed by atoms with van der Waals surface area (Å²) in [5, 5.41) is 14.0. The van der Waals surface area contributed by atoms with Crippen LogP contribution in [0.5, 0.6) is 0 Å². The molecule has 2 heterocycles. The van der Waals surface area contributed by atoms with Gasteiger partial charge in [-0.3, -0.25) is 4.79 Å². The summed E-state index contributed by atoms with van der Waals surface area (Å²) in [4.78, 5) is 12.1. The first kappa shape index (κ1) is 14.6. The molecule has 2 aromatic rings. The highest BCUT2D eigenvalue weighted by Crippen LogP contribution is 2.07. The molecule has 1 aromatic heterocycles. The first-order chi connectivity index (χ1) is 10.7. The second kappa shape index (κ2) is 6.65. The van der Waals surface area contributed by atoms with E-state index in [1.165, 1.54) is 16.8 Å². The monoisotopic (exact) mass is 303 g/mol. The largest absolute Gasteiger partial charge is 0.348 e. The Hall–Kier alpha value is -2.28. The molecule has 0 aliphatic carbocycles. The highest BCUT2D eigenvalue weighted by Gasteiger charge is 2.18. The second-order valence-corrected chi connectivity index (χ2v) is 5.43. The minimum absolute atomic E-state index is 0.183. The van der Waals surface area contributed by atoms with Crippen LogP contribution in [0.1, 0.15) is 28.9 Å². The van der Waals surface area contributed by atoms with Crippen LogP contribution < -0.4 is 10.6 Å². The molecular formula is C15H18FN5O. The van der Waals surface area contributed by atoms with Gasteiger partial charge in [0, 0.05) is 6.04 Å². The minimum atomic E-state index is -0.290. The van der Waals surface area contributed by atoms with Crippen LogP contribution in [0.15, 0.2) is 30.5 Å². The van der Waals surface area contributed by atoms with Crippen molar-refractivity contribution in [3.05, 3.63) is 47.5 Å². The summed E-state index contributed by atoms with van der Waals surface area (Å²) in [5.41, 5.74) is 1.06. The molecule has 0 radical (unpaired) electrons. The van der Waals surface area contributed by atoms with Gasteiger partial charge in [0.15, 0.2) is 5.69 Å². The van der Waals surface area contributed by atoms with E-state index in [2.05, 4.69) is 20.9 Å². The molecule has 116 valence electrons. The molecule has 0 unspecified atom stereocenters. The molecule has 1 aliphatic rings. The number of amides is 1. The molecule has 1 fully saturated rings. The van der Waals surface area contributed by atoms with Crippen LogP contribution in [0.2, 0.25) is 0 Å². The zero-order valence-corrected chi connectivity index (χ0v) is 12.1. The molecule has 1 aliphatic heterocycles. The Morgan fingerprint density at radius 3 is 3.00 bits per heavy atom. The number of nitrogens with one attached hydrogen (secondary N) is 2. The molecule has 0 atom stereocenters. The molecule has 0 bridgehead atoms. The van der Waals surface area contributed by atoms with Gasteiger partial charge in [-0.1, -0.05) is 17.3 Å². The van der Waals surface area contributed by atoms with Crippen molar-refractivity contribution < 1.29 is 9.18 Å². The van der Waals surface area contributed by atoms with Gasteiger partial charge >= 0.3 is 0 Å². The van der Waals surface area contributed by atoms with Gasteiger partial charge in [0.1, 0.15) is 5.82 Å². The van der Waals surface area contributed by atoms with Gasteiger partial charge in [0.25, 0.3) is 5.91 Å². The molecule has 3 rings (SSSR count). The maximum atomic E-state index is 13.1. The van der Waals surface area contributed by atoms with Crippen molar-refractivity contribution in [3.8, 4) is 0 Å². The zero-order chi connectivity index (χ0) is 15.4. The van der Waals surface area contributed by atoms with Gasteiger partial charge in [0.05, 0.1) is 12.7 Å². The molecule has 1 amide bonds. The SMILES string of the molecule is O=C(NC1CCNCC1)c1cn(Cc2cccc(F)c2)nn1. The summed E-state index contributed by atoms with van der Waals surface area (Å²) in [7, 11) is 0. The van der Waals surface area contributed by atoms with E-state index in [4.69, 9.17) is 0 Å². The van der Waals surface area contributed by atoms with Gasteiger partial charge in [-0.2, -0.15) is 0 Å². The van der Waals surface area contributed by atoms with Crippen LogP contribution in [-0.2, 0) is 6.54 Å². The van der Waals surface area contributed by atoms with Crippen LogP contribution in [0.4, 0.5) is 4.39 Å². The number of hydrogen-bond donors (Lipinski definition) is 2. The number of aromatic nitrogens is 3. The van der Waals surface area contributed by atoms with Crippen molar-refractivity contribution in [1.82, 2.24) is 25.6 Å². The summed E-state index contributed by atoms with van der Waals surface area (Å²) < 4.78 is 14.7. The first-order valence-electron chi connectivity index (χ1n) is 7.37. The van der Waals surface area contributed by atoms with Crippen LogP contribution >= 0.6 is 0 Å². The average Bonchev–Trinajstić information content (AvgIpc) is 2.97. The Morgan fingerprint density at radius 1 is 1.41 bits per heavy atom. The van der Waals surface area contributed by atoms with Crippen LogP contribution in [0.3, 0.4) is 0 Å². The maximum Gasteiger partial charge on any atom is 0.273 e. The Bertz CT molecular complexity index is 651. The van der Waals surface area contributed by atoms with Gasteiger partial charge in [-0.15, -0.1) is 5.10 Å². The van der Waals surface area contributed by atoms with Crippen molar-refractivity contribution >= 4 is 5.91 Å². The van der Waals surface area contributed by atoms with E-state index in [-0.39, 0.29) is 23.5 Å². The fourth-order valence-electron chi connectivity index (χ4n) is 2.53. The quantitative estimate of drug-likeness (QED) is 0.882. The number of hydrogen-bond acceptors (Lipinski definition) is 4. The highest BCUT2D eigenvalue weighted by molar-refractivity contribution is 5.92. The molecular weight excluding hydrogens is 285 g/mol. The number of nitrogens with zero attached hydrogens (tertiary/aromatic N) is 3. The lowest BCUT2D eigenvalue weighted by molar-refractivity contribution is 0.0924. The van der Waals surface area contributed by atoms with E-state index in [1.807, 2.05) is 0 Å². The zero-order valence-electron chi connectivity index (χ0n) is 12.1. The fourth-order valence-corrected chi connectivity index (χ4v) is 2.53. The summed E-state index contributed by atoms with van der Waals surface area (Å²) >= 11 is 0. The van der Waals surface area contributed by atoms with E-state index < -0.39 is 0 Å². The number of piperidine rings is 1. The third kappa shape index (κ3) is 3.67. The van der Waals surface area contributed by atoms with Gasteiger partial charge in [-0.25, -0.2) is 9.07 Å². The predicted molar refractivity (Wildman–Crippen MR) is 78.9 cm³/mol. The summed E-state index contributed by atoms with van der Waals surface area (Å²) in [6.45, 7) is 2.21. The van der Waals surface area contributed by atoms with Gasteiger partial charge in [-0.05, 0) is 43.6 Å². The number of carbonyl (C=O) groups is 1. The Kier molecular flexibility index (Phi) is 4.43. The molecule has 1 saturated heterocycles. The lowest BCUT2D eigenvalue weighted by Crippen LogP contribution is -2.42. The molecule has 7 heteroatoms. The topological polar surface area (TPSA) is 71.8 Å². The van der Waals surface area contributed by atoms with E-state index in [1.54, 1.807) is 18.3 Å². The standard InChI is InChI=1S/C15H18FN5O/c16-12-3-1-2-11(8-12)9-21-10-14(19-20-21)15(22)18-13-4-6-17-7-5-13/h1-3,8,10,13,17H,4-7,9H2,(H,18,22). The fraction of sp³-hybridized carbons (Fsp3) is 0.400. The Labute approximate surface area is 127 Å². The lowest BCUT2D eigenvalue weighted by atomic mass is 10.1. The van der Waals surface area contributed by atoms with Gasteiger partial charge in [0.2, 0.25) is 0 Å². The van der Waals surface area contributed by atoms with Crippen molar-refractivity contribution in [2.75, 3.05) is 13.1 Å². The first-order valence-corrected chi connectivity index (χ1v) is 7.37. The molecule has 6 nitrogen and oxygen atoms in total. The van der Waals surface area contributed by atoms with Crippen LogP contribution in [0, 0.1) is 5.82 Å². The van der Waals surface area contributed by atoms with Crippen LogP contribution in [0.25, 0.3) is 0 Å². The van der Waals surface area contributed by atoms with E-state index in [9.17, 15) is 9.18 Å². The van der Waals surface area contributed by atoms with E-state index in [0.717, 1.165) is 31.5 Å². The predicted octanol–water partition coefficient (Wildman–Crippen LogP) is 0.947. The third-order valence-electron chi connectivity index (χ3n) is 3.68. The molecule has 0 saturated carbocycles. The Morgan fingerprint density at radius 2 is 2.23 bits per heavy atom. The number of benzene rings is 1. The van der Waals surface area contributed by atoms with Crippen molar-refractivity contribution in [2.24, 2.45) is 0 Å². The van der Waals surface area contributed by atoms with Gasteiger partial charge < -0.3 is 10.6 Å². The molecule has 0 spiro atoms. The number of carbonyl (C=O) groups excluding carboxylic acids is 1. The summed E-state index contributed by atoms with van der Waals surface area (Å²) in [6.07, 6.45) is 3.42. The average molecular weight is 303 g/mol. The molecule has 2 N–H and O–H groups in total. The molecule has 22 heavy (non-hydrogen) atoms. The summed E-state index contributed by atoms with van der Waals surface area (Å²) in [6, 6.07) is 6.47. The highest BCUT2D eigenvalue weighted by atomic mass is 19.1. The summed E-state index contributed by atoms with van der Waals surface area (Å²) in [5.74, 6) is -0.501. The smallest absolute Gasteiger partial charge is 0.273 e. The Balaban J connectivity index is 1.61. The van der Waals surface area contributed by atoms with E-state index in [0.29, 0.717) is 6.54 Å². The third-order valence-corrected chi connectivity index (χ3v) is 3.68. The van der Waals surface area contributed by atoms with Crippen molar-refractivity contribution in [3.63, 3.8) is 0 Å². The van der Waals surface area contributed by atoms with Crippen LogP contribution in [-0.4, -0.2) is 40.0 Å². The van der Waals surface area contributed by atoms with Crippen molar-refractivity contribution in [1.29, 1.82) is 0 Å². The molecule has 1 aromatic carbocycles. The lowest BCUT2D eigenvalue weighted by Gasteiger charge is -2.23. The maximum absolute atomic E-state index is 13.1. The van der Waals surface area contributed by atoms with Crippen molar-refractivity contribution in [2.45, 2.75) is 25.4 Å². The number of rotatable bonds is 4. The number of halogens is 1. The normalized spacial score (nSPS) is 15.7. The second-order valence-electron chi connectivity index (χ2n) is 5.43. The van der Waals surface area contributed by atoms with E-state index >= 15 is 0 Å².